The van der Waals surface area contributed by atoms with Gasteiger partial charge in [-0.15, -0.1) is 0 Å². The van der Waals surface area contributed by atoms with Gasteiger partial charge in [0.15, 0.2) is 11.5 Å². The average molecular weight is 495 g/mol. The van der Waals surface area contributed by atoms with Crippen molar-refractivity contribution >= 4 is 18.3 Å². The Morgan fingerprint density at radius 2 is 1.59 bits per heavy atom. The molecule has 7 heteroatoms. The maximum absolute atomic E-state index is 12.1. The predicted octanol–water partition coefficient (Wildman–Crippen LogP) is 7.56. The summed E-state index contributed by atoms with van der Waals surface area (Å²) in [4.78, 5) is 16.6. The van der Waals surface area contributed by atoms with Crippen LogP contribution in [-0.4, -0.2) is 25.1 Å². The lowest BCUT2D eigenvalue weighted by atomic mass is 9.98. The Labute approximate surface area is 215 Å². The molecule has 0 saturated carbocycles. The van der Waals surface area contributed by atoms with E-state index >= 15 is 0 Å². The van der Waals surface area contributed by atoms with E-state index in [2.05, 4.69) is 11.1 Å². The number of aliphatic imine (C=N–C) groups is 1. The van der Waals surface area contributed by atoms with Crippen LogP contribution in [0.4, 0.5) is 10.7 Å². The molecule has 0 radical (unpaired) electrons. The van der Waals surface area contributed by atoms with Gasteiger partial charge in [0, 0.05) is 17.3 Å². The first kappa shape index (κ1) is 25.3. The van der Waals surface area contributed by atoms with Crippen LogP contribution in [0.1, 0.15) is 31.9 Å². The molecule has 1 aromatic heterocycles. The molecule has 0 atom stereocenters. The van der Waals surface area contributed by atoms with E-state index in [0.29, 0.717) is 28.2 Å². The Bertz CT molecular complexity index is 1460. The Hall–Kier alpha value is -4.83. The van der Waals surface area contributed by atoms with Crippen molar-refractivity contribution < 1.29 is 23.4 Å². The highest BCUT2D eigenvalue weighted by molar-refractivity contribution is 5.90. The van der Waals surface area contributed by atoms with Gasteiger partial charge in [-0.3, -0.25) is 0 Å². The van der Waals surface area contributed by atoms with Gasteiger partial charge in [-0.05, 0) is 50.1 Å². The molecule has 1 heterocycles. The fourth-order valence-corrected chi connectivity index (χ4v) is 3.63. The molecule has 0 amide bonds. The molecule has 0 unspecified atom stereocenters. The van der Waals surface area contributed by atoms with Crippen molar-refractivity contribution in [2.45, 2.75) is 26.4 Å². The highest BCUT2D eigenvalue weighted by Gasteiger charge is 2.23. The van der Waals surface area contributed by atoms with Gasteiger partial charge in [0.2, 0.25) is 5.88 Å². The van der Waals surface area contributed by atoms with Crippen molar-refractivity contribution in [2.75, 3.05) is 7.11 Å². The number of nitriles is 1. The third-order valence-electron chi connectivity index (χ3n) is 5.20. The monoisotopic (exact) mass is 494 g/mol. The third-order valence-corrected chi connectivity index (χ3v) is 5.20. The van der Waals surface area contributed by atoms with E-state index in [9.17, 15) is 10.1 Å². The number of furan rings is 1. The molecule has 0 spiro atoms. The molecule has 37 heavy (non-hydrogen) atoms. The van der Waals surface area contributed by atoms with Gasteiger partial charge < -0.3 is 18.6 Å². The van der Waals surface area contributed by atoms with Gasteiger partial charge in [-0.1, -0.05) is 60.7 Å². The van der Waals surface area contributed by atoms with Gasteiger partial charge in [0.05, 0.1) is 7.11 Å². The van der Waals surface area contributed by atoms with Crippen LogP contribution in [0.5, 0.6) is 11.5 Å². The van der Waals surface area contributed by atoms with Crippen molar-refractivity contribution in [1.82, 2.24) is 0 Å². The van der Waals surface area contributed by atoms with Crippen LogP contribution in [0.3, 0.4) is 0 Å². The lowest BCUT2D eigenvalue weighted by Crippen LogP contribution is -2.26. The van der Waals surface area contributed by atoms with Gasteiger partial charge in [-0.25, -0.2) is 9.79 Å². The summed E-state index contributed by atoms with van der Waals surface area (Å²) in [6, 6.07) is 26.4. The van der Waals surface area contributed by atoms with E-state index in [1.807, 2.05) is 60.7 Å². The predicted molar refractivity (Wildman–Crippen MR) is 141 cm³/mol. The molecular weight excluding hydrogens is 468 g/mol. The first-order valence-electron chi connectivity index (χ1n) is 11.6. The molecule has 0 N–H and O–H groups in total. The second kappa shape index (κ2) is 10.8. The molecule has 3 aromatic carbocycles. The fraction of sp³-hybridized carbons (Fsp3) is 0.167. The molecule has 0 bridgehead atoms. The zero-order chi connectivity index (χ0) is 26.4. The molecule has 186 valence electrons. The summed E-state index contributed by atoms with van der Waals surface area (Å²) >= 11 is 0. The van der Waals surface area contributed by atoms with E-state index in [4.69, 9.17) is 18.6 Å². The number of nitrogens with zero attached hydrogens (tertiary/aromatic N) is 2. The SMILES string of the molecule is COc1cc(C=Nc2oc(-c3ccccc3)c(-c3ccccc3)c2C#N)ccc1OC(=O)OC(C)(C)C. The summed E-state index contributed by atoms with van der Waals surface area (Å²) in [7, 11) is 1.47. The summed E-state index contributed by atoms with van der Waals surface area (Å²) in [5.74, 6) is 1.29. The summed E-state index contributed by atoms with van der Waals surface area (Å²) in [5, 5.41) is 10.0. The van der Waals surface area contributed by atoms with Crippen LogP contribution in [0.2, 0.25) is 0 Å². The van der Waals surface area contributed by atoms with E-state index in [1.54, 1.807) is 45.2 Å². The number of hydrogen-bond donors (Lipinski definition) is 0. The van der Waals surface area contributed by atoms with Crippen LogP contribution in [0, 0.1) is 11.3 Å². The Morgan fingerprint density at radius 3 is 2.19 bits per heavy atom. The molecule has 7 nitrogen and oxygen atoms in total. The maximum atomic E-state index is 12.1. The van der Waals surface area contributed by atoms with E-state index in [1.165, 1.54) is 7.11 Å². The highest BCUT2D eigenvalue weighted by atomic mass is 16.7. The largest absolute Gasteiger partial charge is 0.514 e. The van der Waals surface area contributed by atoms with Crippen molar-refractivity contribution in [3.63, 3.8) is 0 Å². The molecule has 0 saturated heterocycles. The zero-order valence-electron chi connectivity index (χ0n) is 21.0. The maximum Gasteiger partial charge on any atom is 0.514 e. The first-order chi connectivity index (χ1) is 17.8. The number of carbonyl (C=O) groups excluding carboxylic acids is 1. The third kappa shape index (κ3) is 6.06. The summed E-state index contributed by atoms with van der Waals surface area (Å²) < 4.78 is 22.0. The molecular formula is C30H26N2O5. The van der Waals surface area contributed by atoms with E-state index < -0.39 is 11.8 Å². The summed E-state index contributed by atoms with van der Waals surface area (Å²) in [5.41, 5.74) is 2.67. The number of carbonyl (C=O) groups is 1. The quantitative estimate of drug-likeness (QED) is 0.156. The minimum atomic E-state index is -0.830. The lowest BCUT2D eigenvalue weighted by Gasteiger charge is -2.19. The number of rotatable bonds is 6. The fourth-order valence-electron chi connectivity index (χ4n) is 3.63. The van der Waals surface area contributed by atoms with Crippen molar-refractivity contribution in [3.05, 3.63) is 90.0 Å². The second-order valence-corrected chi connectivity index (χ2v) is 9.07. The van der Waals surface area contributed by atoms with E-state index in [-0.39, 0.29) is 11.6 Å². The zero-order valence-corrected chi connectivity index (χ0v) is 21.0. The van der Waals surface area contributed by atoms with Gasteiger partial charge in [0.25, 0.3) is 0 Å². The molecule has 0 aliphatic heterocycles. The van der Waals surface area contributed by atoms with Crippen LogP contribution in [0.25, 0.3) is 22.5 Å². The molecule has 0 fully saturated rings. The summed E-state index contributed by atoms with van der Waals surface area (Å²) in [6.45, 7) is 5.25. The van der Waals surface area contributed by atoms with Crippen LogP contribution in [0.15, 0.2) is 88.3 Å². The Balaban J connectivity index is 1.69. The molecule has 4 rings (SSSR count). The van der Waals surface area contributed by atoms with Crippen LogP contribution >= 0.6 is 0 Å². The molecule has 0 aliphatic carbocycles. The Morgan fingerprint density at radius 1 is 0.946 bits per heavy atom. The first-order valence-corrected chi connectivity index (χ1v) is 11.6. The van der Waals surface area contributed by atoms with Crippen molar-refractivity contribution in [2.24, 2.45) is 4.99 Å². The smallest absolute Gasteiger partial charge is 0.493 e. The molecule has 4 aromatic rings. The standard InChI is InChI=1S/C30H26N2O5/c1-30(2,3)37-29(33)35-24-16-15-20(17-25(24)34-4)19-32-28-23(18-31)26(21-11-7-5-8-12-21)27(36-28)22-13-9-6-10-14-22/h5-17,19H,1-4H3. The minimum Gasteiger partial charge on any atom is -0.493 e. The normalized spacial score (nSPS) is 11.2. The number of benzene rings is 3. The minimum absolute atomic E-state index is 0.188. The Kier molecular flexibility index (Phi) is 7.40. The molecule has 0 aliphatic rings. The average Bonchev–Trinajstić information content (AvgIpc) is 3.26. The lowest BCUT2D eigenvalue weighted by molar-refractivity contribution is 0.0201. The van der Waals surface area contributed by atoms with E-state index in [0.717, 1.165) is 11.1 Å². The second-order valence-electron chi connectivity index (χ2n) is 9.07. The van der Waals surface area contributed by atoms with Gasteiger partial charge >= 0.3 is 6.16 Å². The van der Waals surface area contributed by atoms with Crippen molar-refractivity contribution in [3.8, 4) is 40.0 Å². The number of methoxy groups -OCH3 is 1. The van der Waals surface area contributed by atoms with Gasteiger partial charge in [0.1, 0.15) is 23.0 Å². The summed E-state index contributed by atoms with van der Waals surface area (Å²) in [6.07, 6.45) is 0.728. The topological polar surface area (TPSA) is 94.0 Å². The van der Waals surface area contributed by atoms with Crippen LogP contribution < -0.4 is 9.47 Å². The van der Waals surface area contributed by atoms with Crippen LogP contribution in [-0.2, 0) is 4.74 Å². The van der Waals surface area contributed by atoms with Gasteiger partial charge in [-0.2, -0.15) is 5.26 Å². The number of hydrogen-bond acceptors (Lipinski definition) is 7. The number of ether oxygens (including phenoxy) is 3. The highest BCUT2D eigenvalue weighted by Crippen LogP contribution is 2.42. The van der Waals surface area contributed by atoms with Crippen molar-refractivity contribution in [1.29, 1.82) is 5.26 Å².